The summed E-state index contributed by atoms with van der Waals surface area (Å²) in [6, 6.07) is 15.6. The van der Waals surface area contributed by atoms with Gasteiger partial charge in [-0.15, -0.1) is 0 Å². The first-order valence-corrected chi connectivity index (χ1v) is 7.10. The lowest BCUT2D eigenvalue weighted by Crippen LogP contribution is -2.42. The molecular formula is C16H14N4O4. The maximum absolute atomic E-state index is 12.1. The van der Waals surface area contributed by atoms with Crippen molar-refractivity contribution in [2.24, 2.45) is 0 Å². The molecule has 122 valence electrons. The largest absolute Gasteiger partial charge is 0.464 e. The Kier molecular flexibility index (Phi) is 4.39. The molecular weight excluding hydrogens is 312 g/mol. The van der Waals surface area contributed by atoms with Gasteiger partial charge in [-0.05, 0) is 29.4 Å². The van der Waals surface area contributed by atoms with Gasteiger partial charge in [-0.1, -0.05) is 30.3 Å². The summed E-state index contributed by atoms with van der Waals surface area (Å²) < 4.78 is 0. The van der Waals surface area contributed by atoms with E-state index >= 15 is 0 Å². The number of hydrogen-bond acceptors (Lipinski definition) is 5. The number of aromatic nitrogens is 2. The van der Waals surface area contributed by atoms with Crippen LogP contribution in [0.3, 0.4) is 0 Å². The summed E-state index contributed by atoms with van der Waals surface area (Å²) in [4.78, 5) is 35.4. The summed E-state index contributed by atoms with van der Waals surface area (Å²) in [6.45, 7) is -0.0699. The fourth-order valence-electron chi connectivity index (χ4n) is 2.14. The number of hydrogen-bond donors (Lipinski definition) is 3. The number of para-hydroxylation sites is 2. The summed E-state index contributed by atoms with van der Waals surface area (Å²) in [5, 5.41) is 9.73. The number of hydrazine groups is 1. The van der Waals surface area contributed by atoms with Gasteiger partial charge >= 0.3 is 12.1 Å². The van der Waals surface area contributed by atoms with Gasteiger partial charge in [0.2, 0.25) is 0 Å². The van der Waals surface area contributed by atoms with Gasteiger partial charge in [0.25, 0.3) is 0 Å². The SMILES string of the molecule is O=C(O)NN(Cc1nc2ccccc2[nH]1)OC(=O)c1ccccc1. The second-order valence-corrected chi connectivity index (χ2v) is 4.90. The highest BCUT2D eigenvalue weighted by atomic mass is 16.7. The molecule has 0 bridgehead atoms. The molecule has 0 atom stereocenters. The molecule has 0 unspecified atom stereocenters. The van der Waals surface area contributed by atoms with E-state index in [1.54, 1.807) is 30.3 Å². The van der Waals surface area contributed by atoms with Crippen molar-refractivity contribution in [3.05, 3.63) is 66.0 Å². The van der Waals surface area contributed by atoms with Crippen molar-refractivity contribution in [3.63, 3.8) is 0 Å². The molecule has 0 radical (unpaired) electrons. The number of nitrogens with one attached hydrogen (secondary N) is 2. The van der Waals surface area contributed by atoms with E-state index in [1.165, 1.54) is 0 Å². The van der Waals surface area contributed by atoms with Crippen molar-refractivity contribution < 1.29 is 19.5 Å². The number of carbonyl (C=O) groups is 2. The van der Waals surface area contributed by atoms with Crippen LogP contribution in [0.4, 0.5) is 4.79 Å². The van der Waals surface area contributed by atoms with Crippen molar-refractivity contribution in [3.8, 4) is 0 Å². The minimum atomic E-state index is -1.35. The molecule has 0 aliphatic carbocycles. The number of amides is 1. The monoisotopic (exact) mass is 326 g/mol. The third kappa shape index (κ3) is 3.68. The van der Waals surface area contributed by atoms with Crippen molar-refractivity contribution in [2.45, 2.75) is 6.54 Å². The molecule has 0 spiro atoms. The minimum absolute atomic E-state index is 0.0699. The van der Waals surface area contributed by atoms with Crippen molar-refractivity contribution in [1.29, 1.82) is 0 Å². The maximum Gasteiger partial charge on any atom is 0.421 e. The quantitative estimate of drug-likeness (QED) is 0.621. The van der Waals surface area contributed by atoms with Gasteiger partial charge in [-0.25, -0.2) is 20.0 Å². The first-order chi connectivity index (χ1) is 11.6. The predicted octanol–water partition coefficient (Wildman–Crippen LogP) is 2.32. The van der Waals surface area contributed by atoms with Crippen LogP contribution in [-0.4, -0.2) is 32.3 Å². The van der Waals surface area contributed by atoms with E-state index in [9.17, 15) is 9.59 Å². The Hall–Kier alpha value is -3.39. The van der Waals surface area contributed by atoms with E-state index in [1.807, 2.05) is 29.7 Å². The fourth-order valence-corrected chi connectivity index (χ4v) is 2.14. The van der Waals surface area contributed by atoms with Crippen LogP contribution in [0.25, 0.3) is 11.0 Å². The number of carbonyl (C=O) groups excluding carboxylic acids is 1. The summed E-state index contributed by atoms with van der Waals surface area (Å²) in [7, 11) is 0. The first kappa shape index (κ1) is 15.5. The minimum Gasteiger partial charge on any atom is -0.464 e. The zero-order valence-electron chi connectivity index (χ0n) is 12.5. The van der Waals surface area contributed by atoms with Crippen LogP contribution < -0.4 is 5.43 Å². The van der Waals surface area contributed by atoms with Crippen LogP contribution in [0, 0.1) is 0 Å². The van der Waals surface area contributed by atoms with Gasteiger partial charge in [-0.2, -0.15) is 0 Å². The first-order valence-electron chi connectivity index (χ1n) is 7.10. The second-order valence-electron chi connectivity index (χ2n) is 4.90. The molecule has 1 heterocycles. The molecule has 1 amide bonds. The van der Waals surface area contributed by atoms with Crippen LogP contribution in [0.1, 0.15) is 16.2 Å². The summed E-state index contributed by atoms with van der Waals surface area (Å²) in [6.07, 6.45) is -1.35. The Bertz CT molecular complexity index is 830. The average Bonchev–Trinajstić information content (AvgIpc) is 2.97. The highest BCUT2D eigenvalue weighted by Crippen LogP contribution is 2.12. The summed E-state index contributed by atoms with van der Waals surface area (Å²) in [5.74, 6) is -0.230. The average molecular weight is 326 g/mol. The van der Waals surface area contributed by atoms with Gasteiger partial charge in [0.15, 0.2) is 0 Å². The van der Waals surface area contributed by atoms with Gasteiger partial charge in [0.05, 0.1) is 16.6 Å². The Morgan fingerprint density at radius 2 is 1.83 bits per heavy atom. The zero-order valence-corrected chi connectivity index (χ0v) is 12.5. The summed E-state index contributed by atoms with van der Waals surface area (Å²) in [5.41, 5.74) is 3.86. The van der Waals surface area contributed by atoms with Crippen molar-refractivity contribution in [2.75, 3.05) is 0 Å². The highest BCUT2D eigenvalue weighted by Gasteiger charge is 2.18. The van der Waals surface area contributed by atoms with Crippen LogP contribution in [-0.2, 0) is 11.4 Å². The van der Waals surface area contributed by atoms with Gasteiger partial charge in [0, 0.05) is 0 Å². The van der Waals surface area contributed by atoms with Crippen molar-refractivity contribution in [1.82, 2.24) is 20.6 Å². The van der Waals surface area contributed by atoms with E-state index in [0.717, 1.165) is 16.2 Å². The molecule has 3 rings (SSSR count). The molecule has 8 nitrogen and oxygen atoms in total. The number of nitrogens with zero attached hydrogens (tertiary/aromatic N) is 2. The Balaban J connectivity index is 1.76. The Morgan fingerprint density at radius 3 is 2.54 bits per heavy atom. The molecule has 8 heteroatoms. The lowest BCUT2D eigenvalue weighted by Gasteiger charge is -2.18. The van der Waals surface area contributed by atoms with Crippen molar-refractivity contribution >= 4 is 23.1 Å². The van der Waals surface area contributed by atoms with E-state index in [0.29, 0.717) is 11.4 Å². The summed E-state index contributed by atoms with van der Waals surface area (Å²) >= 11 is 0. The number of rotatable bonds is 5. The highest BCUT2D eigenvalue weighted by molar-refractivity contribution is 5.89. The number of carboxylic acid groups (broad SMARTS) is 1. The lowest BCUT2D eigenvalue weighted by molar-refractivity contribution is -0.147. The van der Waals surface area contributed by atoms with E-state index in [2.05, 4.69) is 9.97 Å². The number of hydroxylamine groups is 1. The second kappa shape index (κ2) is 6.80. The number of fused-ring (bicyclic) bond motifs is 1. The zero-order chi connectivity index (χ0) is 16.9. The van der Waals surface area contributed by atoms with E-state index in [4.69, 9.17) is 9.94 Å². The molecule has 1 aromatic heterocycles. The van der Waals surface area contributed by atoms with Gasteiger partial charge < -0.3 is 14.9 Å². The van der Waals surface area contributed by atoms with Crippen LogP contribution in [0.2, 0.25) is 0 Å². The Labute approximate surface area is 136 Å². The standard InChI is InChI=1S/C16H14N4O4/c21-15(11-6-2-1-3-7-11)24-20(19-16(22)23)10-14-17-12-8-4-5-9-13(12)18-14/h1-9,19H,10H2,(H,17,18)(H,22,23). The molecule has 0 aliphatic heterocycles. The van der Waals surface area contributed by atoms with Crippen LogP contribution in [0.5, 0.6) is 0 Å². The topological polar surface area (TPSA) is 108 Å². The molecule has 3 aromatic rings. The molecule has 2 aromatic carbocycles. The smallest absolute Gasteiger partial charge is 0.421 e. The number of aromatic amines is 1. The van der Waals surface area contributed by atoms with Gasteiger partial charge in [0.1, 0.15) is 12.4 Å². The molecule has 3 N–H and O–H groups in total. The number of benzene rings is 2. The third-order valence-corrected chi connectivity index (χ3v) is 3.15. The van der Waals surface area contributed by atoms with E-state index in [-0.39, 0.29) is 6.54 Å². The van der Waals surface area contributed by atoms with Gasteiger partial charge in [-0.3, -0.25) is 0 Å². The molecule has 24 heavy (non-hydrogen) atoms. The lowest BCUT2D eigenvalue weighted by atomic mass is 10.2. The number of H-pyrrole nitrogens is 1. The molecule has 0 saturated heterocycles. The Morgan fingerprint density at radius 1 is 1.12 bits per heavy atom. The molecule has 0 saturated carbocycles. The fraction of sp³-hybridized carbons (Fsp3) is 0.0625. The normalized spacial score (nSPS) is 10.7. The van der Waals surface area contributed by atoms with Crippen LogP contribution in [0.15, 0.2) is 54.6 Å². The molecule has 0 fully saturated rings. The third-order valence-electron chi connectivity index (χ3n) is 3.15. The van der Waals surface area contributed by atoms with E-state index < -0.39 is 12.1 Å². The molecule has 0 aliphatic rings. The van der Waals surface area contributed by atoms with Crippen LogP contribution >= 0.6 is 0 Å². The number of imidazole rings is 1. The maximum atomic E-state index is 12.1. The predicted molar refractivity (Wildman–Crippen MR) is 84.7 cm³/mol.